The average Bonchev–Trinajstić information content (AvgIpc) is 2.36. The van der Waals surface area contributed by atoms with E-state index in [9.17, 15) is 4.39 Å². The molecule has 1 saturated carbocycles. The van der Waals surface area contributed by atoms with E-state index in [1.54, 1.807) is 6.07 Å². The van der Waals surface area contributed by atoms with Crippen LogP contribution in [0, 0.1) is 17.7 Å². The van der Waals surface area contributed by atoms with Crippen LogP contribution in [0.15, 0.2) is 18.2 Å². The van der Waals surface area contributed by atoms with E-state index in [1.807, 2.05) is 0 Å². The van der Waals surface area contributed by atoms with Crippen LogP contribution in [0.25, 0.3) is 0 Å². The van der Waals surface area contributed by atoms with Gasteiger partial charge in [0, 0.05) is 6.54 Å². The quantitative estimate of drug-likeness (QED) is 0.792. The SMILES string of the molecule is CC1CCC(CCNc2cc(F)ccc2N)CC1. The minimum atomic E-state index is -0.238. The minimum Gasteiger partial charge on any atom is -0.397 e. The first kappa shape index (κ1) is 13.2. The Bertz CT molecular complexity index is 384. The molecule has 0 amide bonds. The van der Waals surface area contributed by atoms with Gasteiger partial charge in [-0.1, -0.05) is 32.6 Å². The second kappa shape index (κ2) is 6.07. The zero-order valence-electron chi connectivity index (χ0n) is 11.1. The fraction of sp³-hybridized carbons (Fsp3) is 0.600. The predicted molar refractivity (Wildman–Crippen MR) is 75.0 cm³/mol. The van der Waals surface area contributed by atoms with E-state index in [0.29, 0.717) is 5.69 Å². The summed E-state index contributed by atoms with van der Waals surface area (Å²) >= 11 is 0. The lowest BCUT2D eigenvalue weighted by molar-refractivity contribution is 0.282. The lowest BCUT2D eigenvalue weighted by Gasteiger charge is -2.26. The van der Waals surface area contributed by atoms with Gasteiger partial charge in [-0.15, -0.1) is 0 Å². The lowest BCUT2D eigenvalue weighted by Crippen LogP contribution is -2.16. The molecule has 0 bridgehead atoms. The highest BCUT2D eigenvalue weighted by Gasteiger charge is 2.17. The van der Waals surface area contributed by atoms with Gasteiger partial charge in [-0.3, -0.25) is 0 Å². The van der Waals surface area contributed by atoms with Crippen molar-refractivity contribution in [3.63, 3.8) is 0 Å². The summed E-state index contributed by atoms with van der Waals surface area (Å²) in [6.07, 6.45) is 6.53. The lowest BCUT2D eigenvalue weighted by atomic mass is 9.81. The van der Waals surface area contributed by atoms with Crippen molar-refractivity contribution in [3.8, 4) is 0 Å². The molecule has 1 aromatic carbocycles. The first-order valence-electron chi connectivity index (χ1n) is 6.94. The molecule has 0 radical (unpaired) electrons. The second-order valence-electron chi connectivity index (χ2n) is 5.57. The van der Waals surface area contributed by atoms with Crippen molar-refractivity contribution in [2.75, 3.05) is 17.6 Å². The number of hydrogen-bond acceptors (Lipinski definition) is 2. The number of rotatable bonds is 4. The number of hydrogen-bond donors (Lipinski definition) is 2. The molecule has 18 heavy (non-hydrogen) atoms. The van der Waals surface area contributed by atoms with Gasteiger partial charge in [0.1, 0.15) is 5.82 Å². The Morgan fingerprint density at radius 1 is 1.28 bits per heavy atom. The Labute approximate surface area is 109 Å². The highest BCUT2D eigenvalue weighted by atomic mass is 19.1. The molecule has 2 rings (SSSR count). The largest absolute Gasteiger partial charge is 0.397 e. The van der Waals surface area contributed by atoms with Crippen molar-refractivity contribution in [1.29, 1.82) is 0 Å². The van der Waals surface area contributed by atoms with Gasteiger partial charge < -0.3 is 11.1 Å². The van der Waals surface area contributed by atoms with E-state index in [-0.39, 0.29) is 5.82 Å². The third-order valence-corrected chi connectivity index (χ3v) is 4.02. The third kappa shape index (κ3) is 3.62. The smallest absolute Gasteiger partial charge is 0.125 e. The van der Waals surface area contributed by atoms with Crippen molar-refractivity contribution in [1.82, 2.24) is 0 Å². The fourth-order valence-corrected chi connectivity index (χ4v) is 2.71. The van der Waals surface area contributed by atoms with Crippen molar-refractivity contribution in [3.05, 3.63) is 24.0 Å². The highest BCUT2D eigenvalue weighted by molar-refractivity contribution is 5.65. The van der Waals surface area contributed by atoms with Gasteiger partial charge in [0.2, 0.25) is 0 Å². The highest BCUT2D eigenvalue weighted by Crippen LogP contribution is 2.30. The van der Waals surface area contributed by atoms with Gasteiger partial charge in [0.05, 0.1) is 11.4 Å². The van der Waals surface area contributed by atoms with Crippen LogP contribution in [-0.2, 0) is 0 Å². The minimum absolute atomic E-state index is 0.238. The van der Waals surface area contributed by atoms with E-state index in [1.165, 1.54) is 37.8 Å². The summed E-state index contributed by atoms with van der Waals surface area (Å²) < 4.78 is 13.1. The van der Waals surface area contributed by atoms with Gasteiger partial charge in [-0.25, -0.2) is 4.39 Å². The molecule has 0 saturated heterocycles. The molecule has 1 aromatic rings. The maximum Gasteiger partial charge on any atom is 0.125 e. The van der Waals surface area contributed by atoms with Crippen LogP contribution in [0.3, 0.4) is 0 Å². The van der Waals surface area contributed by atoms with Gasteiger partial charge in [-0.2, -0.15) is 0 Å². The Balaban J connectivity index is 1.76. The molecule has 0 heterocycles. The number of benzene rings is 1. The van der Waals surface area contributed by atoms with Crippen LogP contribution >= 0.6 is 0 Å². The van der Waals surface area contributed by atoms with Gasteiger partial charge in [-0.05, 0) is 36.5 Å². The van der Waals surface area contributed by atoms with Crippen LogP contribution in [0.5, 0.6) is 0 Å². The van der Waals surface area contributed by atoms with E-state index in [4.69, 9.17) is 5.73 Å². The van der Waals surface area contributed by atoms with E-state index in [0.717, 1.165) is 30.5 Å². The monoisotopic (exact) mass is 250 g/mol. The Hall–Kier alpha value is -1.25. The summed E-state index contributed by atoms with van der Waals surface area (Å²) in [6, 6.07) is 4.47. The summed E-state index contributed by atoms with van der Waals surface area (Å²) in [4.78, 5) is 0. The number of nitrogen functional groups attached to an aromatic ring is 1. The number of halogens is 1. The Morgan fingerprint density at radius 3 is 2.72 bits per heavy atom. The standard InChI is InChI=1S/C15H23FN2/c1-11-2-4-12(5-3-11)8-9-18-15-10-13(16)6-7-14(15)17/h6-7,10-12,18H,2-5,8-9,17H2,1H3. The average molecular weight is 250 g/mol. The zero-order chi connectivity index (χ0) is 13.0. The molecular weight excluding hydrogens is 227 g/mol. The molecule has 100 valence electrons. The van der Waals surface area contributed by atoms with Crippen molar-refractivity contribution in [2.24, 2.45) is 11.8 Å². The van der Waals surface area contributed by atoms with E-state index < -0.39 is 0 Å². The normalized spacial score (nSPS) is 23.9. The zero-order valence-corrected chi connectivity index (χ0v) is 11.1. The van der Waals surface area contributed by atoms with Gasteiger partial charge in [0.25, 0.3) is 0 Å². The number of nitrogens with two attached hydrogens (primary N) is 1. The molecule has 0 aliphatic heterocycles. The molecule has 3 heteroatoms. The molecule has 0 unspecified atom stereocenters. The van der Waals surface area contributed by atoms with E-state index in [2.05, 4.69) is 12.2 Å². The van der Waals surface area contributed by atoms with Crippen LogP contribution in [0.4, 0.5) is 15.8 Å². The Morgan fingerprint density at radius 2 is 2.00 bits per heavy atom. The summed E-state index contributed by atoms with van der Waals surface area (Å²) in [5, 5.41) is 3.25. The molecule has 1 aliphatic carbocycles. The topological polar surface area (TPSA) is 38.0 Å². The Kier molecular flexibility index (Phi) is 4.45. The molecule has 0 spiro atoms. The van der Waals surface area contributed by atoms with Crippen molar-refractivity contribution < 1.29 is 4.39 Å². The van der Waals surface area contributed by atoms with Crippen LogP contribution < -0.4 is 11.1 Å². The predicted octanol–water partition coefficient (Wildman–Crippen LogP) is 4.04. The van der Waals surface area contributed by atoms with Gasteiger partial charge >= 0.3 is 0 Å². The third-order valence-electron chi connectivity index (χ3n) is 4.02. The molecule has 0 aromatic heterocycles. The maximum absolute atomic E-state index is 13.1. The van der Waals surface area contributed by atoms with Crippen molar-refractivity contribution in [2.45, 2.75) is 39.0 Å². The van der Waals surface area contributed by atoms with Crippen LogP contribution in [-0.4, -0.2) is 6.54 Å². The summed E-state index contributed by atoms with van der Waals surface area (Å²) in [7, 11) is 0. The number of nitrogens with one attached hydrogen (secondary N) is 1. The molecule has 3 N–H and O–H groups in total. The fourth-order valence-electron chi connectivity index (χ4n) is 2.71. The maximum atomic E-state index is 13.1. The van der Waals surface area contributed by atoms with Crippen LogP contribution in [0.1, 0.15) is 39.0 Å². The number of anilines is 2. The summed E-state index contributed by atoms with van der Waals surface area (Å²) in [5.41, 5.74) is 7.14. The summed E-state index contributed by atoms with van der Waals surface area (Å²) in [6.45, 7) is 3.22. The molecular formula is C15H23FN2. The van der Waals surface area contributed by atoms with E-state index >= 15 is 0 Å². The van der Waals surface area contributed by atoms with Crippen LogP contribution in [0.2, 0.25) is 0 Å². The molecule has 1 aliphatic rings. The summed E-state index contributed by atoms with van der Waals surface area (Å²) in [5.74, 6) is 1.48. The first-order chi connectivity index (χ1) is 8.65. The first-order valence-corrected chi connectivity index (χ1v) is 6.94. The van der Waals surface area contributed by atoms with Gasteiger partial charge in [0.15, 0.2) is 0 Å². The molecule has 0 atom stereocenters. The second-order valence-corrected chi connectivity index (χ2v) is 5.57. The van der Waals surface area contributed by atoms with Crippen molar-refractivity contribution >= 4 is 11.4 Å². The molecule has 2 nitrogen and oxygen atoms in total. The molecule has 1 fully saturated rings.